The van der Waals surface area contributed by atoms with Gasteiger partial charge in [-0.3, -0.25) is 4.79 Å². The maximum atomic E-state index is 10.3. The third-order valence-electron chi connectivity index (χ3n) is 1.74. The van der Waals surface area contributed by atoms with E-state index >= 15 is 0 Å². The highest BCUT2D eigenvalue weighted by Crippen LogP contribution is 2.13. The first-order valence-corrected chi connectivity index (χ1v) is 3.19. The van der Waals surface area contributed by atoms with E-state index in [-0.39, 0.29) is 0 Å². The largest absolute Gasteiger partial charge is 0.480 e. The molecule has 0 aliphatic rings. The van der Waals surface area contributed by atoms with Crippen molar-refractivity contribution in [2.45, 2.75) is 31.6 Å². The van der Waals surface area contributed by atoms with Crippen molar-refractivity contribution >= 4 is 5.97 Å². The summed E-state index contributed by atoms with van der Waals surface area (Å²) < 4.78 is 0. The Balaban J connectivity index is 4.41. The predicted molar refractivity (Wildman–Crippen MR) is 37.9 cm³/mol. The van der Waals surface area contributed by atoms with Crippen LogP contribution >= 0.6 is 0 Å². The second-order valence-corrected chi connectivity index (χ2v) is 2.72. The van der Waals surface area contributed by atoms with Gasteiger partial charge in [0.15, 0.2) is 0 Å². The van der Waals surface area contributed by atoms with Gasteiger partial charge in [0.1, 0.15) is 11.6 Å². The summed E-state index contributed by atoms with van der Waals surface area (Å²) in [5.74, 6) is -1.34. The van der Waals surface area contributed by atoms with Crippen molar-refractivity contribution in [3.8, 4) is 0 Å². The normalized spacial score (nSPS) is 21.9. The minimum absolute atomic E-state index is 1.17. The summed E-state index contributed by atoms with van der Waals surface area (Å²) in [6.07, 6.45) is -1.17. The van der Waals surface area contributed by atoms with Gasteiger partial charge >= 0.3 is 5.97 Å². The Labute approximate surface area is 64.4 Å². The molecule has 0 unspecified atom stereocenters. The number of aliphatic hydroxyl groups is 2. The van der Waals surface area contributed by atoms with Crippen molar-refractivity contribution in [1.29, 1.82) is 0 Å². The molecule has 0 aliphatic carbocycles. The van der Waals surface area contributed by atoms with E-state index in [0.29, 0.717) is 0 Å². The number of carboxylic acids is 1. The Kier molecular flexibility index (Phi) is 2.98. The lowest BCUT2D eigenvalue weighted by atomic mass is 9.92. The van der Waals surface area contributed by atoms with Crippen LogP contribution in [0.4, 0.5) is 0 Å². The van der Waals surface area contributed by atoms with E-state index in [4.69, 9.17) is 15.9 Å². The van der Waals surface area contributed by atoms with E-state index < -0.39 is 23.7 Å². The van der Waals surface area contributed by atoms with Gasteiger partial charge in [-0.15, -0.1) is 0 Å². The number of aliphatic carboxylic acids is 1. The number of aliphatic hydroxyl groups excluding tert-OH is 1. The summed E-state index contributed by atoms with van der Waals surface area (Å²) in [4.78, 5) is 10.3. The van der Waals surface area contributed by atoms with Crippen LogP contribution < -0.4 is 5.73 Å². The first-order valence-electron chi connectivity index (χ1n) is 3.19. The molecule has 0 fully saturated rings. The van der Waals surface area contributed by atoms with Gasteiger partial charge in [0, 0.05) is 0 Å². The van der Waals surface area contributed by atoms with E-state index in [0.717, 1.165) is 0 Å². The Morgan fingerprint density at radius 2 is 2.00 bits per heavy atom. The minimum atomic E-state index is -1.79. The van der Waals surface area contributed by atoms with Crippen molar-refractivity contribution in [2.75, 3.05) is 0 Å². The van der Waals surface area contributed by atoms with Crippen molar-refractivity contribution < 1.29 is 20.1 Å². The number of carboxylic acid groups (broad SMARTS) is 1. The smallest absolute Gasteiger partial charge is 0.323 e. The summed E-state index contributed by atoms with van der Waals surface area (Å²) >= 11 is 0. The zero-order chi connectivity index (χ0) is 9.23. The molecule has 0 radical (unpaired) electrons. The van der Waals surface area contributed by atoms with Crippen LogP contribution in [0.25, 0.3) is 0 Å². The van der Waals surface area contributed by atoms with Crippen molar-refractivity contribution in [3.05, 3.63) is 0 Å². The summed E-state index contributed by atoms with van der Waals surface area (Å²) in [5.41, 5.74) is 3.30. The van der Waals surface area contributed by atoms with E-state index in [1.54, 1.807) is 0 Å². The highest BCUT2D eigenvalue weighted by Gasteiger charge is 2.38. The minimum Gasteiger partial charge on any atom is -0.480 e. The van der Waals surface area contributed by atoms with E-state index in [1.807, 2.05) is 0 Å². The first kappa shape index (κ1) is 10.3. The monoisotopic (exact) mass is 163 g/mol. The van der Waals surface area contributed by atoms with Gasteiger partial charge < -0.3 is 21.1 Å². The molecule has 0 aromatic carbocycles. The van der Waals surface area contributed by atoms with Gasteiger partial charge in [0.2, 0.25) is 0 Å². The van der Waals surface area contributed by atoms with Crippen LogP contribution in [0.15, 0.2) is 0 Å². The Bertz CT molecular complexity index is 155. The molecule has 0 spiro atoms. The standard InChI is InChI=1S/C6H13NO4/c1-3(8)6(2,11)4(7)5(9)10/h3-4,8,11H,7H2,1-2H3,(H,9,10)/t3-,4-,6-/m1/s1. The van der Waals surface area contributed by atoms with Crippen LogP contribution in [-0.2, 0) is 4.79 Å². The maximum absolute atomic E-state index is 10.3. The summed E-state index contributed by atoms with van der Waals surface area (Å²) in [6, 6.07) is -1.47. The molecule has 5 nitrogen and oxygen atoms in total. The molecule has 0 heterocycles. The molecule has 0 aliphatic heterocycles. The van der Waals surface area contributed by atoms with Gasteiger partial charge in [-0.1, -0.05) is 0 Å². The van der Waals surface area contributed by atoms with Gasteiger partial charge in [-0.25, -0.2) is 0 Å². The number of carbonyl (C=O) groups is 1. The maximum Gasteiger partial charge on any atom is 0.323 e. The van der Waals surface area contributed by atoms with Crippen LogP contribution in [0.5, 0.6) is 0 Å². The molecule has 0 saturated heterocycles. The molecule has 0 aromatic rings. The summed E-state index contributed by atoms with van der Waals surface area (Å²) in [7, 11) is 0. The molecule has 5 heteroatoms. The molecule has 0 bridgehead atoms. The number of nitrogens with two attached hydrogens (primary N) is 1. The van der Waals surface area contributed by atoms with Gasteiger partial charge in [-0.05, 0) is 13.8 Å². The third-order valence-corrected chi connectivity index (χ3v) is 1.74. The molecule has 0 aromatic heterocycles. The lowest BCUT2D eigenvalue weighted by Gasteiger charge is -2.29. The number of hydrogen-bond donors (Lipinski definition) is 4. The fourth-order valence-corrected chi connectivity index (χ4v) is 0.510. The Hall–Kier alpha value is -0.650. The van der Waals surface area contributed by atoms with Crippen LogP contribution in [0.2, 0.25) is 0 Å². The average molecular weight is 163 g/mol. The second-order valence-electron chi connectivity index (χ2n) is 2.72. The lowest BCUT2D eigenvalue weighted by molar-refractivity contribution is -0.150. The summed E-state index contributed by atoms with van der Waals surface area (Å²) in [6.45, 7) is 2.46. The zero-order valence-electron chi connectivity index (χ0n) is 6.48. The SMILES string of the molecule is C[C@@H](O)[C@@](C)(O)[C@H](N)C(=O)O. The molecule has 0 saturated carbocycles. The quantitative estimate of drug-likeness (QED) is 0.406. The van der Waals surface area contributed by atoms with Gasteiger partial charge in [0.25, 0.3) is 0 Å². The Morgan fingerprint density at radius 1 is 1.64 bits per heavy atom. The Morgan fingerprint density at radius 3 is 2.09 bits per heavy atom. The second kappa shape index (κ2) is 3.17. The molecule has 3 atom stereocenters. The highest BCUT2D eigenvalue weighted by atomic mass is 16.4. The van der Waals surface area contributed by atoms with Gasteiger partial charge in [0.05, 0.1) is 6.10 Å². The topological polar surface area (TPSA) is 104 Å². The van der Waals surface area contributed by atoms with Crippen LogP contribution in [-0.4, -0.2) is 39.0 Å². The highest BCUT2D eigenvalue weighted by molar-refractivity contribution is 5.74. The first-order chi connectivity index (χ1) is 4.80. The van der Waals surface area contributed by atoms with E-state index in [1.165, 1.54) is 13.8 Å². The summed E-state index contributed by atoms with van der Waals surface area (Å²) in [5, 5.41) is 26.6. The zero-order valence-corrected chi connectivity index (χ0v) is 6.48. The molecular formula is C6H13NO4. The van der Waals surface area contributed by atoms with Crippen molar-refractivity contribution in [1.82, 2.24) is 0 Å². The molecule has 11 heavy (non-hydrogen) atoms. The molecule has 0 amide bonds. The van der Waals surface area contributed by atoms with E-state index in [2.05, 4.69) is 0 Å². The predicted octanol–water partition coefficient (Wildman–Crippen LogP) is -1.47. The van der Waals surface area contributed by atoms with Crippen LogP contribution in [0.1, 0.15) is 13.8 Å². The number of hydrogen-bond acceptors (Lipinski definition) is 4. The lowest BCUT2D eigenvalue weighted by Crippen LogP contribution is -2.56. The average Bonchev–Trinajstić information content (AvgIpc) is 1.85. The van der Waals surface area contributed by atoms with Crippen LogP contribution in [0.3, 0.4) is 0 Å². The molecule has 0 rings (SSSR count). The van der Waals surface area contributed by atoms with Gasteiger partial charge in [-0.2, -0.15) is 0 Å². The molecular weight excluding hydrogens is 150 g/mol. The fraction of sp³-hybridized carbons (Fsp3) is 0.833. The molecule has 66 valence electrons. The van der Waals surface area contributed by atoms with Crippen molar-refractivity contribution in [3.63, 3.8) is 0 Å². The van der Waals surface area contributed by atoms with Crippen molar-refractivity contribution in [2.24, 2.45) is 5.73 Å². The third kappa shape index (κ3) is 2.14. The van der Waals surface area contributed by atoms with Crippen LogP contribution in [0, 0.1) is 0 Å². The fourth-order valence-electron chi connectivity index (χ4n) is 0.510. The molecule has 5 N–H and O–H groups in total. The number of rotatable bonds is 3. The van der Waals surface area contributed by atoms with E-state index in [9.17, 15) is 9.90 Å².